The van der Waals surface area contributed by atoms with Crippen molar-refractivity contribution in [3.63, 3.8) is 0 Å². The molecule has 114 valence electrons. The molecule has 2 heterocycles. The summed E-state index contributed by atoms with van der Waals surface area (Å²) in [7, 11) is 0. The Kier molecular flexibility index (Phi) is 4.42. The second-order valence-corrected chi connectivity index (χ2v) is 5.26. The van der Waals surface area contributed by atoms with E-state index >= 15 is 0 Å². The number of aromatic nitrogens is 1. The Labute approximate surface area is 123 Å². The average Bonchev–Trinajstić information content (AvgIpc) is 2.37. The van der Waals surface area contributed by atoms with E-state index in [4.69, 9.17) is 10.8 Å². The van der Waals surface area contributed by atoms with E-state index in [2.05, 4.69) is 9.88 Å². The number of nitrogens with zero attached hydrogens (tertiary/aromatic N) is 3. The van der Waals surface area contributed by atoms with Crippen molar-refractivity contribution in [1.82, 2.24) is 9.88 Å². The summed E-state index contributed by atoms with van der Waals surface area (Å²) in [6.45, 7) is 6.31. The van der Waals surface area contributed by atoms with Crippen LogP contribution in [-0.2, 0) is 4.79 Å². The molecular formula is C14H20N4O3. The third kappa shape index (κ3) is 3.49. The number of hydrogen-bond donors (Lipinski definition) is 2. The summed E-state index contributed by atoms with van der Waals surface area (Å²) < 4.78 is 0. The molecule has 0 aromatic carbocycles. The van der Waals surface area contributed by atoms with Crippen molar-refractivity contribution in [2.45, 2.75) is 13.8 Å². The molecule has 0 bridgehead atoms. The Bertz CT molecular complexity index is 566. The van der Waals surface area contributed by atoms with E-state index < -0.39 is 11.9 Å². The smallest absolute Gasteiger partial charge is 0.317 e. The van der Waals surface area contributed by atoms with Crippen molar-refractivity contribution in [2.75, 3.05) is 37.6 Å². The van der Waals surface area contributed by atoms with E-state index in [0.717, 1.165) is 11.4 Å². The van der Waals surface area contributed by atoms with Crippen molar-refractivity contribution in [3.05, 3.63) is 23.0 Å². The molecule has 1 fully saturated rings. The number of carboxylic acid groups (broad SMARTS) is 1. The zero-order chi connectivity index (χ0) is 15.6. The number of amides is 1. The molecule has 0 atom stereocenters. The van der Waals surface area contributed by atoms with Crippen molar-refractivity contribution < 1.29 is 14.7 Å². The Hall–Kier alpha value is -2.15. The molecule has 3 N–H and O–H groups in total. The summed E-state index contributed by atoms with van der Waals surface area (Å²) in [5.74, 6) is -1.31. The number of nitrogens with two attached hydrogens (primary N) is 1. The molecule has 0 unspecified atom stereocenters. The van der Waals surface area contributed by atoms with E-state index in [1.54, 1.807) is 6.92 Å². The number of anilines is 1. The highest BCUT2D eigenvalue weighted by Crippen LogP contribution is 2.24. The van der Waals surface area contributed by atoms with Crippen LogP contribution in [0.1, 0.15) is 21.7 Å². The van der Waals surface area contributed by atoms with E-state index in [1.165, 1.54) is 0 Å². The van der Waals surface area contributed by atoms with Gasteiger partial charge in [0.05, 0.1) is 23.5 Å². The Balaban J connectivity index is 2.20. The van der Waals surface area contributed by atoms with Crippen LogP contribution in [0.25, 0.3) is 0 Å². The number of aliphatic carboxylic acids is 1. The Morgan fingerprint density at radius 2 is 1.90 bits per heavy atom. The van der Waals surface area contributed by atoms with Crippen LogP contribution in [0, 0.1) is 13.8 Å². The summed E-state index contributed by atoms with van der Waals surface area (Å²) in [5.41, 5.74) is 8.18. The highest BCUT2D eigenvalue weighted by Gasteiger charge is 2.23. The van der Waals surface area contributed by atoms with Crippen molar-refractivity contribution in [3.8, 4) is 0 Å². The Morgan fingerprint density at radius 3 is 2.43 bits per heavy atom. The van der Waals surface area contributed by atoms with E-state index in [9.17, 15) is 9.59 Å². The molecule has 0 radical (unpaired) electrons. The fourth-order valence-corrected chi connectivity index (χ4v) is 2.70. The van der Waals surface area contributed by atoms with Crippen molar-refractivity contribution in [2.24, 2.45) is 5.73 Å². The molecule has 1 aromatic rings. The normalized spacial score (nSPS) is 16.0. The number of hydrogen-bond acceptors (Lipinski definition) is 5. The molecule has 1 amide bonds. The molecule has 7 heteroatoms. The van der Waals surface area contributed by atoms with Crippen LogP contribution in [0.4, 0.5) is 5.69 Å². The minimum absolute atomic E-state index is 0.0465. The lowest BCUT2D eigenvalue weighted by Crippen LogP contribution is -2.48. The second-order valence-electron chi connectivity index (χ2n) is 5.26. The minimum Gasteiger partial charge on any atom is -0.480 e. The first-order chi connectivity index (χ1) is 9.88. The molecule has 2 rings (SSSR count). The highest BCUT2D eigenvalue weighted by molar-refractivity contribution is 5.99. The third-order valence-electron chi connectivity index (χ3n) is 3.63. The lowest BCUT2D eigenvalue weighted by Gasteiger charge is -2.36. The van der Waals surface area contributed by atoms with Gasteiger partial charge >= 0.3 is 5.97 Å². The van der Waals surface area contributed by atoms with E-state index in [1.807, 2.05) is 17.9 Å². The molecule has 1 saturated heterocycles. The molecule has 21 heavy (non-hydrogen) atoms. The quantitative estimate of drug-likeness (QED) is 0.810. The maximum Gasteiger partial charge on any atom is 0.317 e. The highest BCUT2D eigenvalue weighted by atomic mass is 16.4. The van der Waals surface area contributed by atoms with Crippen LogP contribution >= 0.6 is 0 Å². The van der Waals surface area contributed by atoms with Crippen LogP contribution in [0.15, 0.2) is 6.07 Å². The number of carboxylic acids is 1. The zero-order valence-electron chi connectivity index (χ0n) is 12.3. The standard InChI is InChI=1S/C14H20N4O3/c1-9-7-11(13(14(15)21)10(2)16-9)18-5-3-17(4-6-18)8-12(19)20/h7H,3-6,8H2,1-2H3,(H2,15,21)(H,19,20). The van der Waals surface area contributed by atoms with Crippen LogP contribution in [0.5, 0.6) is 0 Å². The first-order valence-electron chi connectivity index (χ1n) is 6.85. The predicted octanol–water partition coefficient (Wildman–Crippen LogP) is 0.00394. The van der Waals surface area contributed by atoms with Gasteiger partial charge in [-0.05, 0) is 19.9 Å². The number of carbonyl (C=O) groups excluding carboxylic acids is 1. The molecular weight excluding hydrogens is 272 g/mol. The number of rotatable bonds is 4. The lowest BCUT2D eigenvalue weighted by atomic mass is 10.1. The number of pyridine rings is 1. The SMILES string of the molecule is Cc1cc(N2CCN(CC(=O)O)CC2)c(C(N)=O)c(C)n1. The first kappa shape index (κ1) is 15.2. The fourth-order valence-electron chi connectivity index (χ4n) is 2.70. The average molecular weight is 292 g/mol. The molecule has 1 aliphatic heterocycles. The number of carbonyl (C=O) groups is 2. The predicted molar refractivity (Wildman–Crippen MR) is 78.5 cm³/mol. The first-order valence-corrected chi connectivity index (χ1v) is 6.85. The summed E-state index contributed by atoms with van der Waals surface area (Å²) in [6.07, 6.45) is 0. The van der Waals surface area contributed by atoms with Crippen molar-refractivity contribution in [1.29, 1.82) is 0 Å². The van der Waals surface area contributed by atoms with Gasteiger partial charge in [0.1, 0.15) is 0 Å². The maximum absolute atomic E-state index is 11.7. The minimum atomic E-state index is -0.822. The topological polar surface area (TPSA) is 99.8 Å². The van der Waals surface area contributed by atoms with Gasteiger partial charge in [-0.2, -0.15) is 0 Å². The molecule has 1 aromatic heterocycles. The van der Waals surface area contributed by atoms with Crippen LogP contribution in [-0.4, -0.2) is 59.6 Å². The zero-order valence-corrected chi connectivity index (χ0v) is 12.3. The summed E-state index contributed by atoms with van der Waals surface area (Å²) in [6, 6.07) is 1.86. The molecule has 1 aliphatic rings. The summed E-state index contributed by atoms with van der Waals surface area (Å²) >= 11 is 0. The number of primary amides is 1. The number of aryl methyl sites for hydroxylation is 2. The Morgan fingerprint density at radius 1 is 1.29 bits per heavy atom. The van der Waals surface area contributed by atoms with Gasteiger partial charge in [0.25, 0.3) is 5.91 Å². The summed E-state index contributed by atoms with van der Waals surface area (Å²) in [5, 5.41) is 8.81. The van der Waals surface area contributed by atoms with Crippen LogP contribution < -0.4 is 10.6 Å². The van der Waals surface area contributed by atoms with Gasteiger partial charge in [-0.1, -0.05) is 0 Å². The van der Waals surface area contributed by atoms with E-state index in [-0.39, 0.29) is 6.54 Å². The largest absolute Gasteiger partial charge is 0.480 e. The van der Waals surface area contributed by atoms with Crippen LogP contribution in [0.2, 0.25) is 0 Å². The third-order valence-corrected chi connectivity index (χ3v) is 3.63. The molecule has 7 nitrogen and oxygen atoms in total. The van der Waals surface area contributed by atoms with Crippen molar-refractivity contribution >= 4 is 17.6 Å². The van der Waals surface area contributed by atoms with Gasteiger partial charge in [-0.15, -0.1) is 0 Å². The molecule has 0 aliphatic carbocycles. The fraction of sp³-hybridized carbons (Fsp3) is 0.500. The van der Waals surface area contributed by atoms with Gasteiger partial charge in [0, 0.05) is 31.9 Å². The second kappa shape index (κ2) is 6.09. The van der Waals surface area contributed by atoms with Crippen LogP contribution in [0.3, 0.4) is 0 Å². The van der Waals surface area contributed by atoms with Gasteiger partial charge < -0.3 is 15.7 Å². The van der Waals surface area contributed by atoms with Gasteiger partial charge in [0.2, 0.25) is 0 Å². The molecule has 0 saturated carbocycles. The molecule has 0 spiro atoms. The van der Waals surface area contributed by atoms with E-state index in [0.29, 0.717) is 37.4 Å². The van der Waals surface area contributed by atoms with Gasteiger partial charge in [-0.25, -0.2) is 0 Å². The lowest BCUT2D eigenvalue weighted by molar-refractivity contribution is -0.138. The van der Waals surface area contributed by atoms with Gasteiger partial charge in [0.15, 0.2) is 0 Å². The summed E-state index contributed by atoms with van der Waals surface area (Å²) in [4.78, 5) is 30.6. The number of piperazine rings is 1. The maximum atomic E-state index is 11.7. The van der Waals surface area contributed by atoms with Gasteiger partial charge in [-0.3, -0.25) is 19.5 Å². The monoisotopic (exact) mass is 292 g/mol.